The number of carbonyl (C=O) groups is 3. The number of primary amides is 1. The standard InChI is InChI=1S/C19H19N3O3/c1-12-3-2-4-16(9-12)22-11-14(10-17(22)23)19(25)21-15-7-5-13(6-8-15)18(20)24/h2-9,14H,10-11H2,1H3,(H2,20,24)(H,21,25). The molecule has 1 heterocycles. The molecule has 2 aromatic rings. The first kappa shape index (κ1) is 16.7. The molecule has 1 atom stereocenters. The number of aryl methyl sites for hydroxylation is 1. The quantitative estimate of drug-likeness (QED) is 0.894. The molecule has 3 rings (SSSR count). The van der Waals surface area contributed by atoms with Crippen molar-refractivity contribution in [2.75, 3.05) is 16.8 Å². The zero-order chi connectivity index (χ0) is 18.0. The fourth-order valence-electron chi connectivity index (χ4n) is 2.89. The molecular formula is C19H19N3O3. The van der Waals surface area contributed by atoms with Crippen LogP contribution in [0.4, 0.5) is 11.4 Å². The lowest BCUT2D eigenvalue weighted by atomic mass is 10.1. The highest BCUT2D eigenvalue weighted by molar-refractivity contribution is 6.03. The third-order valence-corrected chi connectivity index (χ3v) is 4.25. The van der Waals surface area contributed by atoms with Crippen LogP contribution in [0.1, 0.15) is 22.3 Å². The van der Waals surface area contributed by atoms with E-state index in [0.717, 1.165) is 11.3 Å². The number of nitrogens with zero attached hydrogens (tertiary/aromatic N) is 1. The summed E-state index contributed by atoms with van der Waals surface area (Å²) in [6, 6.07) is 14.0. The van der Waals surface area contributed by atoms with Crippen molar-refractivity contribution in [1.82, 2.24) is 0 Å². The Morgan fingerprint density at radius 3 is 2.52 bits per heavy atom. The maximum absolute atomic E-state index is 12.4. The zero-order valence-electron chi connectivity index (χ0n) is 13.9. The van der Waals surface area contributed by atoms with E-state index in [1.165, 1.54) is 0 Å². The van der Waals surface area contributed by atoms with Crippen LogP contribution in [0.15, 0.2) is 48.5 Å². The molecule has 1 unspecified atom stereocenters. The number of hydrogen-bond acceptors (Lipinski definition) is 3. The van der Waals surface area contributed by atoms with Crippen LogP contribution < -0.4 is 16.0 Å². The van der Waals surface area contributed by atoms with Gasteiger partial charge in [-0.2, -0.15) is 0 Å². The molecule has 0 saturated carbocycles. The molecular weight excluding hydrogens is 318 g/mol. The van der Waals surface area contributed by atoms with Gasteiger partial charge in [-0.05, 0) is 48.9 Å². The number of carbonyl (C=O) groups excluding carboxylic acids is 3. The third kappa shape index (κ3) is 3.68. The van der Waals surface area contributed by atoms with Crippen LogP contribution in [0, 0.1) is 12.8 Å². The van der Waals surface area contributed by atoms with Gasteiger partial charge in [0.2, 0.25) is 17.7 Å². The van der Waals surface area contributed by atoms with Gasteiger partial charge in [0.05, 0.1) is 5.92 Å². The average Bonchev–Trinajstić information content (AvgIpc) is 2.97. The molecule has 0 bridgehead atoms. The summed E-state index contributed by atoms with van der Waals surface area (Å²) in [5, 5.41) is 2.78. The smallest absolute Gasteiger partial charge is 0.248 e. The first-order valence-electron chi connectivity index (χ1n) is 8.02. The number of nitrogens with two attached hydrogens (primary N) is 1. The Kier molecular flexibility index (Phi) is 4.52. The third-order valence-electron chi connectivity index (χ3n) is 4.25. The van der Waals surface area contributed by atoms with E-state index in [1.54, 1.807) is 29.2 Å². The fourth-order valence-corrected chi connectivity index (χ4v) is 2.89. The number of hydrogen-bond donors (Lipinski definition) is 2. The van der Waals surface area contributed by atoms with Crippen LogP contribution in [0.25, 0.3) is 0 Å². The molecule has 128 valence electrons. The van der Waals surface area contributed by atoms with Gasteiger partial charge in [0.25, 0.3) is 0 Å². The zero-order valence-corrected chi connectivity index (χ0v) is 13.9. The Hall–Kier alpha value is -3.15. The first-order chi connectivity index (χ1) is 11.9. The molecule has 0 radical (unpaired) electrons. The Morgan fingerprint density at radius 2 is 1.88 bits per heavy atom. The molecule has 6 nitrogen and oxygen atoms in total. The number of nitrogens with one attached hydrogen (secondary N) is 1. The highest BCUT2D eigenvalue weighted by Crippen LogP contribution is 2.26. The Morgan fingerprint density at radius 1 is 1.16 bits per heavy atom. The van der Waals surface area contributed by atoms with E-state index in [4.69, 9.17) is 5.73 Å². The van der Waals surface area contributed by atoms with E-state index in [0.29, 0.717) is 17.8 Å². The van der Waals surface area contributed by atoms with Gasteiger partial charge in [-0.1, -0.05) is 12.1 Å². The second kappa shape index (κ2) is 6.76. The van der Waals surface area contributed by atoms with E-state index in [-0.39, 0.29) is 18.2 Å². The van der Waals surface area contributed by atoms with E-state index < -0.39 is 11.8 Å². The van der Waals surface area contributed by atoms with Crippen molar-refractivity contribution in [2.45, 2.75) is 13.3 Å². The molecule has 0 spiro atoms. The molecule has 1 aliphatic rings. The molecule has 25 heavy (non-hydrogen) atoms. The summed E-state index contributed by atoms with van der Waals surface area (Å²) in [6.07, 6.45) is 0.180. The monoisotopic (exact) mass is 337 g/mol. The van der Waals surface area contributed by atoms with Crippen LogP contribution in [-0.2, 0) is 9.59 Å². The number of anilines is 2. The van der Waals surface area contributed by atoms with Crippen molar-refractivity contribution in [1.29, 1.82) is 0 Å². The highest BCUT2D eigenvalue weighted by Gasteiger charge is 2.35. The maximum atomic E-state index is 12.4. The van der Waals surface area contributed by atoms with E-state index >= 15 is 0 Å². The van der Waals surface area contributed by atoms with Gasteiger partial charge in [-0.15, -0.1) is 0 Å². The Bertz CT molecular complexity index is 830. The van der Waals surface area contributed by atoms with Crippen LogP contribution in [-0.4, -0.2) is 24.3 Å². The Balaban J connectivity index is 1.67. The molecule has 2 aromatic carbocycles. The van der Waals surface area contributed by atoms with Crippen molar-refractivity contribution >= 4 is 29.1 Å². The van der Waals surface area contributed by atoms with Gasteiger partial charge >= 0.3 is 0 Å². The predicted octanol–water partition coefficient (Wildman–Crippen LogP) is 2.09. The highest BCUT2D eigenvalue weighted by atomic mass is 16.2. The Labute approximate surface area is 145 Å². The van der Waals surface area contributed by atoms with Gasteiger partial charge < -0.3 is 16.0 Å². The second-order valence-electron chi connectivity index (χ2n) is 6.18. The summed E-state index contributed by atoms with van der Waals surface area (Å²) in [6.45, 7) is 2.32. The van der Waals surface area contributed by atoms with Gasteiger partial charge in [0, 0.05) is 29.9 Å². The van der Waals surface area contributed by atoms with E-state index in [1.807, 2.05) is 31.2 Å². The molecule has 0 aromatic heterocycles. The molecule has 3 N–H and O–H groups in total. The SMILES string of the molecule is Cc1cccc(N2CC(C(=O)Nc3ccc(C(N)=O)cc3)CC2=O)c1. The molecule has 3 amide bonds. The van der Waals surface area contributed by atoms with E-state index in [9.17, 15) is 14.4 Å². The minimum atomic E-state index is -0.520. The van der Waals surface area contributed by atoms with Gasteiger partial charge in [-0.3, -0.25) is 14.4 Å². The van der Waals surface area contributed by atoms with Crippen molar-refractivity contribution in [3.8, 4) is 0 Å². The minimum absolute atomic E-state index is 0.0603. The summed E-state index contributed by atoms with van der Waals surface area (Å²) in [5.41, 5.74) is 8.01. The average molecular weight is 337 g/mol. The predicted molar refractivity (Wildman–Crippen MR) is 95.2 cm³/mol. The van der Waals surface area contributed by atoms with E-state index in [2.05, 4.69) is 5.32 Å². The van der Waals surface area contributed by atoms with Crippen LogP contribution >= 0.6 is 0 Å². The lowest BCUT2D eigenvalue weighted by Gasteiger charge is -2.17. The van der Waals surface area contributed by atoms with Crippen LogP contribution in [0.3, 0.4) is 0 Å². The maximum Gasteiger partial charge on any atom is 0.248 e. The molecule has 1 saturated heterocycles. The number of rotatable bonds is 4. The normalized spacial score (nSPS) is 16.8. The number of benzene rings is 2. The van der Waals surface area contributed by atoms with Gasteiger partial charge in [0.1, 0.15) is 0 Å². The summed E-state index contributed by atoms with van der Waals surface area (Å²) in [7, 11) is 0. The summed E-state index contributed by atoms with van der Waals surface area (Å²) in [4.78, 5) is 37.4. The molecule has 0 aliphatic carbocycles. The minimum Gasteiger partial charge on any atom is -0.366 e. The second-order valence-corrected chi connectivity index (χ2v) is 6.18. The molecule has 1 aliphatic heterocycles. The lowest BCUT2D eigenvalue weighted by Crippen LogP contribution is -2.28. The first-order valence-corrected chi connectivity index (χ1v) is 8.02. The topological polar surface area (TPSA) is 92.5 Å². The molecule has 1 fully saturated rings. The largest absolute Gasteiger partial charge is 0.366 e. The van der Waals surface area contributed by atoms with Gasteiger partial charge in [-0.25, -0.2) is 0 Å². The lowest BCUT2D eigenvalue weighted by molar-refractivity contribution is -0.122. The van der Waals surface area contributed by atoms with Crippen LogP contribution in [0.2, 0.25) is 0 Å². The van der Waals surface area contributed by atoms with Gasteiger partial charge in [0.15, 0.2) is 0 Å². The van der Waals surface area contributed by atoms with Crippen molar-refractivity contribution in [3.05, 3.63) is 59.7 Å². The van der Waals surface area contributed by atoms with Crippen molar-refractivity contribution in [2.24, 2.45) is 11.7 Å². The number of amides is 3. The van der Waals surface area contributed by atoms with Crippen molar-refractivity contribution < 1.29 is 14.4 Å². The summed E-state index contributed by atoms with van der Waals surface area (Å²) >= 11 is 0. The molecule has 6 heteroatoms. The fraction of sp³-hybridized carbons (Fsp3) is 0.211. The summed E-state index contributed by atoms with van der Waals surface area (Å²) in [5.74, 6) is -1.21. The summed E-state index contributed by atoms with van der Waals surface area (Å²) < 4.78 is 0. The van der Waals surface area contributed by atoms with Crippen molar-refractivity contribution in [3.63, 3.8) is 0 Å². The van der Waals surface area contributed by atoms with Crippen LogP contribution in [0.5, 0.6) is 0 Å².